The van der Waals surface area contributed by atoms with E-state index in [9.17, 15) is 0 Å². The first-order valence-corrected chi connectivity index (χ1v) is 25.8. The first-order chi connectivity index (χ1) is 29.8. The maximum atomic E-state index is 7.12. The molecule has 0 amide bonds. The summed E-state index contributed by atoms with van der Waals surface area (Å²) in [7, 11) is 0. The van der Waals surface area contributed by atoms with Crippen LogP contribution in [0, 0.1) is 10.8 Å². The Hall–Kier alpha value is -1.95. The number of thiophene rings is 2. The lowest BCUT2D eigenvalue weighted by Crippen LogP contribution is -2.42. The molecule has 3 aromatic carbocycles. The Morgan fingerprint density at radius 3 is 1.18 bits per heavy atom. The predicted molar refractivity (Wildman–Crippen MR) is 314 cm³/mol. The van der Waals surface area contributed by atoms with E-state index in [0.717, 1.165) is 87.4 Å². The molecular weight excluding hydrogens is 1140 g/mol. The van der Waals surface area contributed by atoms with E-state index >= 15 is 0 Å². The molecule has 2 aliphatic heterocycles. The summed E-state index contributed by atoms with van der Waals surface area (Å²) in [5.74, 6) is 3.32. The first-order valence-electron chi connectivity index (χ1n) is 19.9. The third-order valence-electron chi connectivity index (χ3n) is 9.29. The van der Waals surface area contributed by atoms with Crippen molar-refractivity contribution in [2.45, 2.75) is 42.3 Å². The summed E-state index contributed by atoms with van der Waals surface area (Å²) in [6.45, 7) is 6.03. The van der Waals surface area contributed by atoms with Gasteiger partial charge < -0.3 is 27.8 Å². The van der Waals surface area contributed by atoms with E-state index in [0.29, 0.717) is 11.5 Å². The maximum absolute atomic E-state index is 7.12. The van der Waals surface area contributed by atoms with Crippen LogP contribution in [0.1, 0.15) is 38.9 Å². The standard InChI is InChI=1S/C28H34N6S3.C8H12N4S3.C8H11N.2BrH.3ClH/c1-3-7-23(8-4-1)11-13-33-19-29-27(30-20-33)36-17-25-15-35-16-26(25)18-37-28-31-21-34(22-32-28)14-12-24-9-5-2-6-10-24;9-7(10)14-3-5-1-13-2-6(5)4-15-8(11)12;9-7-6-8-4-2-1-3-5-8;;;;;/h1-10,15-16H,11-14,17-22H2,(H,29,30)(H,31,32);1-2H,3-4H2,(H3,9,10)(H3,11,12);1-5H,6-7,9H2;5*1H. The van der Waals surface area contributed by atoms with E-state index < -0.39 is 0 Å². The number of aliphatic imine (C=N–C) groups is 2. The van der Waals surface area contributed by atoms with Crippen LogP contribution in [0.2, 0.25) is 0 Å². The maximum Gasteiger partial charge on any atom is 0.159 e. The van der Waals surface area contributed by atoms with Crippen molar-refractivity contribution >= 4 is 162 Å². The van der Waals surface area contributed by atoms with Gasteiger partial charge in [0.05, 0.1) is 26.7 Å². The fourth-order valence-corrected chi connectivity index (χ4v) is 10.9. The zero-order valence-corrected chi connectivity index (χ0v) is 47.2. The molecule has 0 atom stereocenters. The molecule has 0 fully saturated rings. The smallest absolute Gasteiger partial charge is 0.159 e. The second-order valence-corrected chi connectivity index (χ2v) is 19.3. The van der Waals surface area contributed by atoms with Gasteiger partial charge in [-0.3, -0.25) is 20.6 Å². The monoisotopic (exact) mass is 1200 g/mol. The topological polar surface area (TPSA) is 181 Å². The molecule has 7 rings (SSSR count). The van der Waals surface area contributed by atoms with E-state index in [1.807, 2.05) is 52.5 Å². The molecule has 66 heavy (non-hydrogen) atoms. The van der Waals surface area contributed by atoms with Crippen LogP contribution in [-0.2, 0) is 42.3 Å². The third kappa shape index (κ3) is 25.6. The fraction of sp³-hybridized carbons (Fsp3) is 0.318. The number of hydrogen-bond acceptors (Lipinski definition) is 15. The predicted octanol–water partition coefficient (Wildman–Crippen LogP) is 10.7. The minimum absolute atomic E-state index is 0. The van der Waals surface area contributed by atoms with Crippen molar-refractivity contribution in [3.05, 3.63) is 151 Å². The fourth-order valence-electron chi connectivity index (χ4n) is 5.88. The number of thioether (sulfide) groups is 4. The van der Waals surface area contributed by atoms with Gasteiger partial charge in [-0.2, -0.15) is 22.7 Å². The molecule has 0 unspecified atom stereocenters. The summed E-state index contributed by atoms with van der Waals surface area (Å²) >= 11 is 9.64. The number of halogens is 5. The highest BCUT2D eigenvalue weighted by Gasteiger charge is 2.16. The molecular formula is C44H62Br2Cl3N11S6. The highest BCUT2D eigenvalue weighted by molar-refractivity contribution is 8.93. The lowest BCUT2D eigenvalue weighted by molar-refractivity contribution is 0.270. The van der Waals surface area contributed by atoms with Gasteiger partial charge in [-0.1, -0.05) is 138 Å². The van der Waals surface area contributed by atoms with Crippen LogP contribution in [0.5, 0.6) is 0 Å². The van der Waals surface area contributed by atoms with Gasteiger partial charge in [0.2, 0.25) is 0 Å². The van der Waals surface area contributed by atoms with Gasteiger partial charge in [-0.15, -0.1) is 71.2 Å². The van der Waals surface area contributed by atoms with Crippen molar-refractivity contribution in [3.8, 4) is 0 Å². The van der Waals surface area contributed by atoms with Crippen LogP contribution in [0.25, 0.3) is 0 Å². The molecule has 10 N–H and O–H groups in total. The minimum atomic E-state index is 0. The normalized spacial score (nSPS) is 12.9. The van der Waals surface area contributed by atoms with Crippen molar-refractivity contribution < 1.29 is 0 Å². The number of nitrogens with two attached hydrogens (primary N) is 3. The minimum Gasteiger partial charge on any atom is -0.379 e. The molecule has 5 aromatic rings. The first kappa shape index (κ1) is 64.0. The number of hydrogen-bond donors (Lipinski definition) is 7. The zero-order chi connectivity index (χ0) is 42.9. The van der Waals surface area contributed by atoms with Gasteiger partial charge >= 0.3 is 0 Å². The lowest BCUT2D eigenvalue weighted by atomic mass is 10.1. The Labute approximate surface area is 455 Å². The molecule has 22 heteroatoms. The van der Waals surface area contributed by atoms with E-state index in [1.165, 1.54) is 62.5 Å². The van der Waals surface area contributed by atoms with Crippen LogP contribution < -0.4 is 27.8 Å². The third-order valence-corrected chi connectivity index (χ3v) is 14.5. The number of nitrogens with one attached hydrogen (secondary N) is 4. The summed E-state index contributed by atoms with van der Waals surface area (Å²) in [6.07, 6.45) is 3.10. The van der Waals surface area contributed by atoms with Crippen LogP contribution in [-0.4, -0.2) is 76.8 Å². The summed E-state index contributed by atoms with van der Waals surface area (Å²) in [6, 6.07) is 31.6. The molecule has 0 aliphatic carbocycles. The van der Waals surface area contributed by atoms with E-state index in [-0.39, 0.29) is 81.5 Å². The molecule has 0 saturated carbocycles. The number of benzene rings is 3. The van der Waals surface area contributed by atoms with Crippen molar-refractivity contribution in [3.63, 3.8) is 0 Å². The average molecular weight is 1200 g/mol. The Bertz CT molecular complexity index is 1980. The molecule has 0 radical (unpaired) electrons. The summed E-state index contributed by atoms with van der Waals surface area (Å²) in [4.78, 5) is 14.2. The second-order valence-electron chi connectivity index (χ2n) is 13.9. The molecule has 11 nitrogen and oxygen atoms in total. The highest BCUT2D eigenvalue weighted by Crippen LogP contribution is 2.27. The average Bonchev–Trinajstić information content (AvgIpc) is 3.96. The Morgan fingerprint density at radius 1 is 0.545 bits per heavy atom. The number of nitrogens with zero attached hydrogens (tertiary/aromatic N) is 4. The van der Waals surface area contributed by atoms with Crippen LogP contribution in [0.15, 0.2) is 123 Å². The second kappa shape index (κ2) is 37.9. The number of amidine groups is 4. The van der Waals surface area contributed by atoms with Gasteiger partial charge in [0, 0.05) is 36.1 Å². The Kier molecular flexibility index (Phi) is 36.8. The SMILES string of the molecule is Br.Br.Cl.Cl.Cl.N=C(N)SCc1cscc1CSC(=N)N.NCCc1ccccc1.c1ccc(CCN2CN=C(SCc3cscc3CSC3=NCN(CCc4ccccc4)CN3)NC2)cc1. The molecule has 2 aromatic heterocycles. The van der Waals surface area contributed by atoms with Gasteiger partial charge in [0.15, 0.2) is 20.7 Å². The molecule has 0 bridgehead atoms. The van der Waals surface area contributed by atoms with E-state index in [4.69, 9.17) is 38.0 Å². The molecule has 4 heterocycles. The summed E-state index contributed by atoms with van der Waals surface area (Å²) in [5.41, 5.74) is 25.1. The van der Waals surface area contributed by atoms with Gasteiger partial charge in [0.25, 0.3) is 0 Å². The van der Waals surface area contributed by atoms with Gasteiger partial charge in [-0.05, 0) is 86.3 Å². The van der Waals surface area contributed by atoms with E-state index in [2.05, 4.69) is 104 Å². The summed E-state index contributed by atoms with van der Waals surface area (Å²) < 4.78 is 0. The molecule has 0 saturated heterocycles. The lowest BCUT2D eigenvalue weighted by Gasteiger charge is -2.26. The van der Waals surface area contributed by atoms with Gasteiger partial charge in [-0.25, -0.2) is 9.98 Å². The Morgan fingerprint density at radius 2 is 0.879 bits per heavy atom. The highest BCUT2D eigenvalue weighted by atomic mass is 79.9. The van der Waals surface area contributed by atoms with E-state index in [1.54, 1.807) is 22.7 Å². The van der Waals surface area contributed by atoms with Gasteiger partial charge in [0.1, 0.15) is 0 Å². The van der Waals surface area contributed by atoms with Crippen molar-refractivity contribution in [2.75, 3.05) is 46.3 Å². The van der Waals surface area contributed by atoms with Crippen LogP contribution >= 0.6 is 141 Å². The van der Waals surface area contributed by atoms with Crippen molar-refractivity contribution in [1.82, 2.24) is 20.4 Å². The Balaban J connectivity index is 0.00000121. The number of rotatable bonds is 16. The van der Waals surface area contributed by atoms with Crippen LogP contribution in [0.3, 0.4) is 0 Å². The van der Waals surface area contributed by atoms with Crippen molar-refractivity contribution in [1.29, 1.82) is 10.8 Å². The largest absolute Gasteiger partial charge is 0.379 e. The molecule has 0 spiro atoms. The molecule has 364 valence electrons. The summed E-state index contributed by atoms with van der Waals surface area (Å²) in [5, 5.41) is 32.3. The van der Waals surface area contributed by atoms with Crippen molar-refractivity contribution in [2.24, 2.45) is 27.2 Å². The zero-order valence-electron chi connectivity index (χ0n) is 36.4. The molecule has 2 aliphatic rings. The quantitative estimate of drug-likeness (QED) is 0.0369. The van der Waals surface area contributed by atoms with Crippen LogP contribution in [0.4, 0.5) is 0 Å².